The van der Waals surface area contributed by atoms with Crippen LogP contribution in [-0.2, 0) is 0 Å². The maximum atomic E-state index is 5.08. The van der Waals surface area contributed by atoms with Gasteiger partial charge in [0.15, 0.2) is 17.5 Å². The van der Waals surface area contributed by atoms with Gasteiger partial charge in [-0.05, 0) is 110 Å². The van der Waals surface area contributed by atoms with Crippen LogP contribution in [0.25, 0.3) is 132 Å². The van der Waals surface area contributed by atoms with Gasteiger partial charge in [0.05, 0.1) is 0 Å². The third-order valence-electron chi connectivity index (χ3n) is 12.8. The zero-order chi connectivity index (χ0) is 40.7. The standard InChI is InChI=1S/C59H35N3/c1-3-13-40(14-4-1)57-60-58(41-15-5-2-6-16-41)62-59(61-57)51-34-33-43(44-20-7-8-21-45(44)51)36-27-29-37(30-28-36)52-35-42-19-11-24-47-46-22-9-17-38-31-32-39-18-10-23-48(54(39)53(38)46)49-25-12-26-50(52)56(49)55(42)47/h1-35H. The van der Waals surface area contributed by atoms with Crippen LogP contribution in [0.5, 0.6) is 0 Å². The summed E-state index contributed by atoms with van der Waals surface area (Å²) in [6.45, 7) is 0. The third kappa shape index (κ3) is 5.28. The van der Waals surface area contributed by atoms with E-state index in [2.05, 4.69) is 152 Å². The summed E-state index contributed by atoms with van der Waals surface area (Å²) >= 11 is 0. The number of nitrogens with zero attached hydrogens (tertiary/aromatic N) is 3. The molecular weight excluding hydrogens is 751 g/mol. The van der Waals surface area contributed by atoms with Crippen LogP contribution in [0.2, 0.25) is 0 Å². The van der Waals surface area contributed by atoms with E-state index in [9.17, 15) is 0 Å². The first-order valence-corrected chi connectivity index (χ1v) is 21.2. The first-order chi connectivity index (χ1) is 30.7. The van der Waals surface area contributed by atoms with Gasteiger partial charge in [0.1, 0.15) is 0 Å². The molecule has 0 N–H and O–H groups in total. The lowest BCUT2D eigenvalue weighted by atomic mass is 9.85. The number of hydrogen-bond acceptors (Lipinski definition) is 3. The third-order valence-corrected chi connectivity index (χ3v) is 12.8. The van der Waals surface area contributed by atoms with Crippen LogP contribution in [0.1, 0.15) is 0 Å². The molecule has 0 aliphatic rings. The molecule has 0 radical (unpaired) electrons. The molecule has 13 aromatic rings. The lowest BCUT2D eigenvalue weighted by Crippen LogP contribution is -2.00. The van der Waals surface area contributed by atoms with E-state index in [1.807, 2.05) is 60.7 Å². The lowest BCUT2D eigenvalue weighted by Gasteiger charge is -2.18. The Morgan fingerprint density at radius 3 is 1.19 bits per heavy atom. The number of hydrogen-bond donors (Lipinski definition) is 0. The van der Waals surface area contributed by atoms with E-state index in [0.29, 0.717) is 17.5 Å². The van der Waals surface area contributed by atoms with E-state index >= 15 is 0 Å². The highest BCUT2D eigenvalue weighted by molar-refractivity contribution is 6.38. The summed E-state index contributed by atoms with van der Waals surface area (Å²) in [7, 11) is 0. The Hall–Kier alpha value is -8.27. The van der Waals surface area contributed by atoms with Crippen molar-refractivity contribution in [2.75, 3.05) is 0 Å². The summed E-state index contributed by atoms with van der Waals surface area (Å²) in [5.74, 6) is 1.95. The van der Waals surface area contributed by atoms with E-state index in [-0.39, 0.29) is 0 Å². The van der Waals surface area contributed by atoms with Crippen molar-refractivity contribution in [3.63, 3.8) is 0 Å². The molecule has 0 spiro atoms. The quantitative estimate of drug-likeness (QED) is 0.163. The summed E-state index contributed by atoms with van der Waals surface area (Å²) in [6.07, 6.45) is 0. The molecule has 0 bridgehead atoms. The number of fused-ring (bicyclic) bond motifs is 3. The van der Waals surface area contributed by atoms with Crippen molar-refractivity contribution in [2.45, 2.75) is 0 Å². The molecule has 1 heterocycles. The first kappa shape index (κ1) is 34.6. The second-order valence-electron chi connectivity index (χ2n) is 16.3. The van der Waals surface area contributed by atoms with E-state index < -0.39 is 0 Å². The predicted octanol–water partition coefficient (Wildman–Crippen LogP) is 15.7. The minimum absolute atomic E-state index is 0.651. The number of rotatable bonds is 5. The fourth-order valence-corrected chi connectivity index (χ4v) is 10.0. The van der Waals surface area contributed by atoms with Gasteiger partial charge in [0, 0.05) is 16.7 Å². The Morgan fingerprint density at radius 1 is 0.210 bits per heavy atom. The molecule has 0 aliphatic heterocycles. The summed E-state index contributed by atoms with van der Waals surface area (Å²) in [6, 6.07) is 76.6. The van der Waals surface area contributed by atoms with E-state index in [1.54, 1.807) is 0 Å². The molecule has 0 saturated heterocycles. The highest BCUT2D eigenvalue weighted by Crippen LogP contribution is 2.46. The highest BCUT2D eigenvalue weighted by Gasteiger charge is 2.19. The Bertz CT molecular complexity index is 3840. The van der Waals surface area contributed by atoms with Gasteiger partial charge in [-0.2, -0.15) is 0 Å². The fraction of sp³-hybridized carbons (Fsp3) is 0. The van der Waals surface area contributed by atoms with Crippen molar-refractivity contribution in [3.8, 4) is 56.4 Å². The van der Waals surface area contributed by atoms with E-state index in [4.69, 9.17) is 15.0 Å². The summed E-state index contributed by atoms with van der Waals surface area (Å²) in [5, 5.41) is 17.7. The monoisotopic (exact) mass is 785 g/mol. The lowest BCUT2D eigenvalue weighted by molar-refractivity contribution is 1.08. The molecule has 1 aromatic heterocycles. The Morgan fingerprint density at radius 2 is 0.613 bits per heavy atom. The Kier molecular flexibility index (Phi) is 7.60. The maximum Gasteiger partial charge on any atom is 0.164 e. The normalized spacial score (nSPS) is 11.9. The largest absolute Gasteiger partial charge is 0.208 e. The molecule has 12 aromatic carbocycles. The van der Waals surface area contributed by atoms with Crippen molar-refractivity contribution in [1.82, 2.24) is 15.0 Å². The molecule has 0 amide bonds. The molecule has 3 nitrogen and oxygen atoms in total. The zero-order valence-corrected chi connectivity index (χ0v) is 33.5. The zero-order valence-electron chi connectivity index (χ0n) is 33.5. The molecule has 286 valence electrons. The van der Waals surface area contributed by atoms with Gasteiger partial charge >= 0.3 is 0 Å². The van der Waals surface area contributed by atoms with Crippen LogP contribution in [-0.4, -0.2) is 15.0 Å². The number of aromatic nitrogens is 3. The van der Waals surface area contributed by atoms with Crippen molar-refractivity contribution >= 4 is 75.4 Å². The van der Waals surface area contributed by atoms with Gasteiger partial charge in [0.25, 0.3) is 0 Å². The SMILES string of the molecule is c1ccc(-c2nc(-c3ccccc3)nc(-c3ccc(-c4ccc(-c5cc6cccc7c8cccc9ccc%10cccc(c%11cccc5c%11c67)c%10c98)cc4)c4ccccc34)n2)cc1. The minimum atomic E-state index is 0.651. The molecule has 0 fully saturated rings. The average molecular weight is 786 g/mol. The van der Waals surface area contributed by atoms with Gasteiger partial charge in [0.2, 0.25) is 0 Å². The molecular formula is C59H35N3. The summed E-state index contributed by atoms with van der Waals surface area (Å²) in [4.78, 5) is 15.1. The molecule has 3 heteroatoms. The maximum absolute atomic E-state index is 5.08. The predicted molar refractivity (Wildman–Crippen MR) is 261 cm³/mol. The molecule has 13 rings (SSSR count). The average Bonchev–Trinajstić information content (AvgIpc) is 3.35. The second-order valence-corrected chi connectivity index (χ2v) is 16.3. The van der Waals surface area contributed by atoms with Crippen LogP contribution in [0.3, 0.4) is 0 Å². The van der Waals surface area contributed by atoms with Crippen LogP contribution < -0.4 is 0 Å². The summed E-state index contributed by atoms with van der Waals surface area (Å²) < 4.78 is 0. The van der Waals surface area contributed by atoms with E-state index in [1.165, 1.54) is 75.8 Å². The van der Waals surface area contributed by atoms with Gasteiger partial charge in [-0.1, -0.05) is 200 Å². The van der Waals surface area contributed by atoms with Crippen LogP contribution in [0.15, 0.2) is 212 Å². The van der Waals surface area contributed by atoms with Crippen molar-refractivity contribution in [3.05, 3.63) is 212 Å². The van der Waals surface area contributed by atoms with Crippen molar-refractivity contribution in [2.24, 2.45) is 0 Å². The molecule has 0 saturated carbocycles. The van der Waals surface area contributed by atoms with Gasteiger partial charge in [-0.15, -0.1) is 0 Å². The molecule has 0 aliphatic carbocycles. The van der Waals surface area contributed by atoms with Gasteiger partial charge in [-0.3, -0.25) is 0 Å². The Labute approximate surface area is 357 Å². The molecule has 0 unspecified atom stereocenters. The van der Waals surface area contributed by atoms with Crippen molar-refractivity contribution in [1.29, 1.82) is 0 Å². The van der Waals surface area contributed by atoms with Gasteiger partial charge < -0.3 is 0 Å². The highest BCUT2D eigenvalue weighted by atomic mass is 15.0. The van der Waals surface area contributed by atoms with Crippen LogP contribution in [0.4, 0.5) is 0 Å². The molecule has 62 heavy (non-hydrogen) atoms. The summed E-state index contributed by atoms with van der Waals surface area (Å²) in [5.41, 5.74) is 7.61. The first-order valence-electron chi connectivity index (χ1n) is 21.2. The number of benzene rings is 11. The minimum Gasteiger partial charge on any atom is -0.208 e. The Balaban J connectivity index is 0.978. The fourth-order valence-electron chi connectivity index (χ4n) is 10.0. The van der Waals surface area contributed by atoms with Crippen LogP contribution in [0, 0.1) is 0 Å². The van der Waals surface area contributed by atoms with Gasteiger partial charge in [-0.25, -0.2) is 15.0 Å². The smallest absolute Gasteiger partial charge is 0.164 e. The van der Waals surface area contributed by atoms with Crippen molar-refractivity contribution < 1.29 is 0 Å². The second kappa shape index (κ2) is 13.6. The van der Waals surface area contributed by atoms with E-state index in [0.717, 1.165) is 38.6 Å². The van der Waals surface area contributed by atoms with Crippen LogP contribution >= 0.6 is 0 Å². The topological polar surface area (TPSA) is 38.7 Å². The molecule has 0 atom stereocenters.